The number of benzene rings is 1. The summed E-state index contributed by atoms with van der Waals surface area (Å²) in [6, 6.07) is 5.63. The molecular formula is C19H21F2N5O3. The third kappa shape index (κ3) is 4.58. The summed E-state index contributed by atoms with van der Waals surface area (Å²) in [6.07, 6.45) is 3.20. The number of nitrogens with zero attached hydrogens (tertiary/aromatic N) is 1. The largest absolute Gasteiger partial charge is 0.376 e. The summed E-state index contributed by atoms with van der Waals surface area (Å²) >= 11 is 0. The zero-order chi connectivity index (χ0) is 21.2. The van der Waals surface area contributed by atoms with Gasteiger partial charge in [-0.2, -0.15) is 0 Å². The maximum absolute atomic E-state index is 12.9. The van der Waals surface area contributed by atoms with Crippen LogP contribution in [-0.2, 0) is 14.4 Å². The average molecular weight is 405 g/mol. The number of halogens is 2. The van der Waals surface area contributed by atoms with Crippen molar-refractivity contribution in [3.63, 3.8) is 0 Å². The predicted molar refractivity (Wildman–Crippen MR) is 101 cm³/mol. The minimum atomic E-state index is -2.72. The van der Waals surface area contributed by atoms with Crippen LogP contribution in [0.5, 0.6) is 0 Å². The number of primary amides is 1. The smallest absolute Gasteiger partial charge is 0.267 e. The highest BCUT2D eigenvalue weighted by atomic mass is 19.3. The van der Waals surface area contributed by atoms with Gasteiger partial charge in [0.25, 0.3) is 11.8 Å². The fourth-order valence-electron chi connectivity index (χ4n) is 3.09. The first kappa shape index (κ1) is 20.4. The Labute approximate surface area is 165 Å². The van der Waals surface area contributed by atoms with E-state index in [1.54, 1.807) is 24.3 Å². The summed E-state index contributed by atoms with van der Waals surface area (Å²) < 4.78 is 25.9. The van der Waals surface area contributed by atoms with Gasteiger partial charge in [-0.25, -0.2) is 8.78 Å². The van der Waals surface area contributed by atoms with Crippen molar-refractivity contribution in [2.45, 2.75) is 24.8 Å². The lowest BCUT2D eigenvalue weighted by molar-refractivity contribution is -0.135. The Hall–Kier alpha value is -3.30. The lowest BCUT2D eigenvalue weighted by Crippen LogP contribution is -2.47. The second kappa shape index (κ2) is 7.98. The molecule has 0 spiro atoms. The minimum absolute atomic E-state index is 0.120. The van der Waals surface area contributed by atoms with E-state index in [-0.39, 0.29) is 25.1 Å². The molecule has 0 radical (unpaired) electrons. The Morgan fingerprint density at radius 2 is 1.97 bits per heavy atom. The molecule has 5 N–H and O–H groups in total. The van der Waals surface area contributed by atoms with Crippen molar-refractivity contribution in [3.05, 3.63) is 42.1 Å². The first-order valence-electron chi connectivity index (χ1n) is 9.05. The molecule has 2 aliphatic rings. The minimum Gasteiger partial charge on any atom is -0.376 e. The second-order valence-corrected chi connectivity index (χ2v) is 6.98. The van der Waals surface area contributed by atoms with Crippen LogP contribution >= 0.6 is 0 Å². The Bertz CT molecular complexity index is 886. The molecule has 29 heavy (non-hydrogen) atoms. The lowest BCUT2D eigenvalue weighted by atomic mass is 10.1. The Morgan fingerprint density at radius 3 is 2.62 bits per heavy atom. The van der Waals surface area contributed by atoms with E-state index in [1.165, 1.54) is 17.2 Å². The molecule has 0 bridgehead atoms. The number of anilines is 1. The molecule has 0 aromatic heterocycles. The number of carbonyl (C=O) groups is 3. The third-order valence-electron chi connectivity index (χ3n) is 4.90. The molecule has 10 heteroatoms. The number of hydrogen-bond donors (Lipinski definition) is 4. The molecular weight excluding hydrogens is 384 g/mol. The number of nitrogens with one attached hydrogen (secondary N) is 3. The molecule has 1 saturated carbocycles. The number of rotatable bonds is 8. The predicted octanol–water partition coefficient (Wildman–Crippen LogP) is 0.838. The van der Waals surface area contributed by atoms with Gasteiger partial charge in [0.2, 0.25) is 11.8 Å². The second-order valence-electron chi connectivity index (χ2n) is 6.98. The van der Waals surface area contributed by atoms with E-state index in [4.69, 9.17) is 11.1 Å². The standard InChI is InChI=1S/C19H21F2N5O3/c20-19(21)8-11(19)9-25-18(29)14-6-3-7-26(14)15(27)10-24-13-5-2-1-4-12(13)16(22)17(23)28/h1-5,7,11,14,22,24H,6,8-10H2,(H2,23,28)(H,25,29)/t11?,14-/m0/s1. The van der Waals surface area contributed by atoms with Gasteiger partial charge in [0.1, 0.15) is 11.8 Å². The van der Waals surface area contributed by atoms with Gasteiger partial charge in [0.15, 0.2) is 0 Å². The quantitative estimate of drug-likeness (QED) is 0.478. The highest BCUT2D eigenvalue weighted by Crippen LogP contribution is 2.47. The van der Waals surface area contributed by atoms with Gasteiger partial charge >= 0.3 is 0 Å². The summed E-state index contributed by atoms with van der Waals surface area (Å²) in [5.74, 6) is -5.36. The van der Waals surface area contributed by atoms with Gasteiger partial charge in [0, 0.05) is 36.3 Å². The maximum atomic E-state index is 12.9. The lowest BCUT2D eigenvalue weighted by Gasteiger charge is -2.23. The molecule has 1 aliphatic heterocycles. The van der Waals surface area contributed by atoms with Crippen molar-refractivity contribution in [2.75, 3.05) is 18.4 Å². The Balaban J connectivity index is 1.57. The molecule has 1 heterocycles. The van der Waals surface area contributed by atoms with Crippen LogP contribution in [-0.4, -0.2) is 53.4 Å². The molecule has 2 atom stereocenters. The Morgan fingerprint density at radius 1 is 1.28 bits per heavy atom. The SMILES string of the molecule is N=C(C(N)=O)c1ccccc1NCC(=O)N1C=CC[C@H]1C(=O)NCC1CC1(F)F. The normalized spacial score (nSPS) is 21.5. The summed E-state index contributed by atoms with van der Waals surface area (Å²) in [5.41, 5.74) is 5.39. The van der Waals surface area contributed by atoms with E-state index in [0.717, 1.165) is 0 Å². The van der Waals surface area contributed by atoms with Gasteiger partial charge in [-0.1, -0.05) is 24.3 Å². The maximum Gasteiger partial charge on any atom is 0.267 e. The van der Waals surface area contributed by atoms with Crippen LogP contribution in [0.15, 0.2) is 36.5 Å². The van der Waals surface area contributed by atoms with E-state index in [1.807, 2.05) is 0 Å². The molecule has 154 valence electrons. The number of carbonyl (C=O) groups excluding carboxylic acids is 3. The molecule has 1 aromatic carbocycles. The van der Waals surface area contributed by atoms with Crippen LogP contribution < -0.4 is 16.4 Å². The summed E-state index contributed by atoms with van der Waals surface area (Å²) in [7, 11) is 0. The van der Waals surface area contributed by atoms with Crippen molar-refractivity contribution >= 4 is 29.1 Å². The highest BCUT2D eigenvalue weighted by molar-refractivity contribution is 6.44. The third-order valence-corrected chi connectivity index (χ3v) is 4.90. The number of nitrogens with two attached hydrogens (primary N) is 1. The van der Waals surface area contributed by atoms with Crippen molar-refractivity contribution in [3.8, 4) is 0 Å². The zero-order valence-electron chi connectivity index (χ0n) is 15.5. The van der Waals surface area contributed by atoms with Gasteiger partial charge in [-0.3, -0.25) is 19.8 Å². The van der Waals surface area contributed by atoms with Crippen LogP contribution in [0.25, 0.3) is 0 Å². The topological polar surface area (TPSA) is 128 Å². The summed E-state index contributed by atoms with van der Waals surface area (Å²) in [6.45, 7) is -0.316. The van der Waals surface area contributed by atoms with Crippen molar-refractivity contribution in [1.82, 2.24) is 10.2 Å². The van der Waals surface area contributed by atoms with E-state index in [0.29, 0.717) is 12.1 Å². The fraction of sp³-hybridized carbons (Fsp3) is 0.368. The molecule has 1 fully saturated rings. The van der Waals surface area contributed by atoms with Crippen LogP contribution in [0.1, 0.15) is 18.4 Å². The number of alkyl halides is 2. The first-order valence-corrected chi connectivity index (χ1v) is 9.05. The van der Waals surface area contributed by atoms with E-state index < -0.39 is 41.3 Å². The van der Waals surface area contributed by atoms with E-state index >= 15 is 0 Å². The summed E-state index contributed by atoms with van der Waals surface area (Å²) in [5, 5.41) is 13.1. The van der Waals surface area contributed by atoms with E-state index in [9.17, 15) is 23.2 Å². The number of hydrogen-bond acceptors (Lipinski definition) is 5. The van der Waals surface area contributed by atoms with Gasteiger partial charge in [-0.15, -0.1) is 0 Å². The van der Waals surface area contributed by atoms with Crippen molar-refractivity contribution in [1.29, 1.82) is 5.41 Å². The Kier molecular flexibility index (Phi) is 5.62. The average Bonchev–Trinajstić information content (AvgIpc) is 3.07. The van der Waals surface area contributed by atoms with Crippen LogP contribution in [0.4, 0.5) is 14.5 Å². The fourth-order valence-corrected chi connectivity index (χ4v) is 3.09. The molecule has 8 nitrogen and oxygen atoms in total. The molecule has 3 rings (SSSR count). The molecule has 1 aliphatic carbocycles. The van der Waals surface area contributed by atoms with Crippen molar-refractivity contribution < 1.29 is 23.2 Å². The summed E-state index contributed by atoms with van der Waals surface area (Å²) in [4.78, 5) is 37.4. The van der Waals surface area contributed by atoms with E-state index in [2.05, 4.69) is 10.6 Å². The highest BCUT2D eigenvalue weighted by Gasteiger charge is 2.56. The first-order chi connectivity index (χ1) is 13.7. The zero-order valence-corrected chi connectivity index (χ0v) is 15.5. The number of amides is 3. The van der Waals surface area contributed by atoms with Crippen LogP contribution in [0.2, 0.25) is 0 Å². The molecule has 3 amide bonds. The van der Waals surface area contributed by atoms with Crippen LogP contribution in [0, 0.1) is 11.3 Å². The molecule has 1 aromatic rings. The van der Waals surface area contributed by atoms with Gasteiger partial charge in [-0.05, 0) is 12.5 Å². The number of para-hydroxylation sites is 1. The van der Waals surface area contributed by atoms with Gasteiger partial charge in [0.05, 0.1) is 6.54 Å². The molecule has 1 unspecified atom stereocenters. The van der Waals surface area contributed by atoms with Crippen LogP contribution in [0.3, 0.4) is 0 Å². The van der Waals surface area contributed by atoms with Crippen molar-refractivity contribution in [2.24, 2.45) is 11.7 Å². The molecule has 0 saturated heterocycles. The monoisotopic (exact) mass is 405 g/mol. The van der Waals surface area contributed by atoms with Gasteiger partial charge < -0.3 is 21.3 Å².